The molecule has 1 aliphatic heterocycles. The lowest BCUT2D eigenvalue weighted by Crippen LogP contribution is -2.38. The molecule has 11 heteroatoms. The maximum absolute atomic E-state index is 13.2. The number of halogens is 1. The van der Waals surface area contributed by atoms with Gasteiger partial charge in [0.05, 0.1) is 17.3 Å². The van der Waals surface area contributed by atoms with Crippen molar-refractivity contribution in [3.05, 3.63) is 64.8 Å². The number of carbonyl (C=O) groups is 1. The zero-order valence-corrected chi connectivity index (χ0v) is 19.3. The predicted octanol–water partition coefficient (Wildman–Crippen LogP) is 3.35. The number of nitrogens with zero attached hydrogens (tertiary/aromatic N) is 4. The van der Waals surface area contributed by atoms with Gasteiger partial charge in [0.15, 0.2) is 12.4 Å². The third-order valence-electron chi connectivity index (χ3n) is 5.60. The average molecular weight is 489 g/mol. The van der Waals surface area contributed by atoms with Gasteiger partial charge in [-0.2, -0.15) is 9.29 Å². The Hall–Kier alpha value is -2.95. The van der Waals surface area contributed by atoms with Crippen molar-refractivity contribution in [3.63, 3.8) is 0 Å². The van der Waals surface area contributed by atoms with E-state index in [1.807, 2.05) is 30.3 Å². The van der Waals surface area contributed by atoms with Crippen LogP contribution in [0.25, 0.3) is 0 Å². The number of hydrogen-bond acceptors (Lipinski definition) is 7. The second kappa shape index (κ2) is 8.44. The molecule has 0 bridgehead atoms. The van der Waals surface area contributed by atoms with Crippen molar-refractivity contribution in [2.24, 2.45) is 0 Å². The summed E-state index contributed by atoms with van der Waals surface area (Å²) in [5.74, 6) is 1.18. The van der Waals surface area contributed by atoms with Crippen LogP contribution in [0.4, 0.5) is 5.69 Å². The molecular weight excluding hydrogens is 468 g/mol. The molecule has 0 saturated heterocycles. The lowest BCUT2D eigenvalue weighted by molar-refractivity contribution is -0.121. The third-order valence-corrected chi connectivity index (χ3v) is 7.87. The van der Waals surface area contributed by atoms with Crippen molar-refractivity contribution in [1.82, 2.24) is 14.4 Å². The Morgan fingerprint density at radius 1 is 1.21 bits per heavy atom. The molecule has 1 aromatic heterocycles. The summed E-state index contributed by atoms with van der Waals surface area (Å²) in [7, 11) is -2.42. The minimum absolute atomic E-state index is 0.0104. The molecule has 33 heavy (non-hydrogen) atoms. The normalized spacial score (nSPS) is 16.1. The second-order valence-corrected chi connectivity index (χ2v) is 10.5. The molecule has 2 heterocycles. The van der Waals surface area contributed by atoms with Gasteiger partial charge in [0.1, 0.15) is 10.6 Å². The maximum atomic E-state index is 13.2. The number of hydrogen-bond donors (Lipinski definition) is 0. The minimum atomic E-state index is -3.91. The Morgan fingerprint density at radius 2 is 1.97 bits per heavy atom. The molecule has 0 N–H and O–H groups in total. The zero-order chi connectivity index (χ0) is 23.2. The average Bonchev–Trinajstić information content (AvgIpc) is 3.54. The van der Waals surface area contributed by atoms with E-state index >= 15 is 0 Å². The van der Waals surface area contributed by atoms with Gasteiger partial charge in [0.25, 0.3) is 5.91 Å². The van der Waals surface area contributed by atoms with E-state index in [2.05, 4.69) is 10.1 Å². The molecule has 1 saturated carbocycles. The predicted molar refractivity (Wildman–Crippen MR) is 120 cm³/mol. The van der Waals surface area contributed by atoms with E-state index in [0.29, 0.717) is 23.3 Å². The molecule has 1 amide bonds. The molecule has 172 valence electrons. The summed E-state index contributed by atoms with van der Waals surface area (Å²) in [5.41, 5.74) is 1.20. The quantitative estimate of drug-likeness (QED) is 0.502. The Labute approximate surface area is 195 Å². The van der Waals surface area contributed by atoms with Gasteiger partial charge in [0.2, 0.25) is 15.9 Å². The first-order valence-electron chi connectivity index (χ1n) is 10.4. The van der Waals surface area contributed by atoms with Gasteiger partial charge >= 0.3 is 0 Å². The molecular formula is C22H21ClN4O5S. The first kappa shape index (κ1) is 21.9. The number of carbonyl (C=O) groups excluding carboxylic acids is 1. The Bertz CT molecular complexity index is 1310. The van der Waals surface area contributed by atoms with Crippen molar-refractivity contribution in [1.29, 1.82) is 0 Å². The van der Waals surface area contributed by atoms with Crippen LogP contribution < -0.4 is 9.64 Å². The number of benzene rings is 2. The fraction of sp³-hybridized carbons (Fsp3) is 0.318. The van der Waals surface area contributed by atoms with Crippen LogP contribution in [-0.4, -0.2) is 42.4 Å². The monoisotopic (exact) mass is 488 g/mol. The maximum Gasteiger partial charge on any atom is 0.265 e. The van der Waals surface area contributed by atoms with Gasteiger partial charge in [-0.1, -0.05) is 47.1 Å². The summed E-state index contributed by atoms with van der Waals surface area (Å²) in [6.45, 7) is 0.0201. The highest BCUT2D eigenvalue weighted by atomic mass is 35.5. The molecule has 9 nitrogen and oxygen atoms in total. The zero-order valence-electron chi connectivity index (χ0n) is 17.8. The van der Waals surface area contributed by atoms with E-state index in [4.69, 9.17) is 20.9 Å². The van der Waals surface area contributed by atoms with E-state index in [-0.39, 0.29) is 41.3 Å². The fourth-order valence-electron chi connectivity index (χ4n) is 3.64. The van der Waals surface area contributed by atoms with Crippen LogP contribution in [0.3, 0.4) is 0 Å². The summed E-state index contributed by atoms with van der Waals surface area (Å²) in [5, 5.41) is 3.95. The van der Waals surface area contributed by atoms with E-state index in [1.54, 1.807) is 0 Å². The summed E-state index contributed by atoms with van der Waals surface area (Å²) in [6, 6.07) is 12.0. The van der Waals surface area contributed by atoms with Crippen LogP contribution in [0.2, 0.25) is 5.02 Å². The van der Waals surface area contributed by atoms with Gasteiger partial charge < -0.3 is 9.26 Å². The molecule has 1 fully saturated rings. The number of amides is 1. The summed E-state index contributed by atoms with van der Waals surface area (Å²) in [6.07, 6.45) is 2.04. The van der Waals surface area contributed by atoms with Gasteiger partial charge in [0, 0.05) is 25.6 Å². The number of rotatable bonds is 7. The summed E-state index contributed by atoms with van der Waals surface area (Å²) < 4.78 is 38.5. The first-order valence-corrected chi connectivity index (χ1v) is 12.2. The number of aromatic nitrogens is 2. The molecule has 2 aliphatic rings. The lowest BCUT2D eigenvalue weighted by atomic mass is 10.2. The van der Waals surface area contributed by atoms with Crippen LogP contribution in [-0.2, 0) is 27.9 Å². The van der Waals surface area contributed by atoms with Crippen LogP contribution >= 0.6 is 11.6 Å². The Kier molecular flexibility index (Phi) is 5.59. The van der Waals surface area contributed by atoms with E-state index in [9.17, 15) is 13.2 Å². The first-order chi connectivity index (χ1) is 15.8. The molecule has 0 radical (unpaired) electrons. The van der Waals surface area contributed by atoms with Crippen LogP contribution in [0.15, 0.2) is 51.9 Å². The largest absolute Gasteiger partial charge is 0.482 e. The van der Waals surface area contributed by atoms with Crippen molar-refractivity contribution >= 4 is 33.2 Å². The molecule has 1 aliphatic carbocycles. The molecule has 0 spiro atoms. The van der Waals surface area contributed by atoms with Crippen molar-refractivity contribution in [3.8, 4) is 5.75 Å². The van der Waals surface area contributed by atoms with Crippen LogP contribution in [0.5, 0.6) is 5.75 Å². The Balaban J connectivity index is 1.43. The van der Waals surface area contributed by atoms with Gasteiger partial charge in [-0.25, -0.2) is 8.42 Å². The van der Waals surface area contributed by atoms with Crippen molar-refractivity contribution < 1.29 is 22.5 Å². The molecule has 0 unspecified atom stereocenters. The number of fused-ring (bicyclic) bond motifs is 1. The smallest absolute Gasteiger partial charge is 0.265 e. The Morgan fingerprint density at radius 3 is 2.70 bits per heavy atom. The molecule has 2 aromatic carbocycles. The molecule has 0 atom stereocenters. The fourth-order valence-corrected chi connectivity index (χ4v) is 5.30. The SMILES string of the molecule is CN(Cc1ccccc1)S(=O)(=O)c1cc2c(cc1Cl)N(Cc1noc(C3CC3)n1)C(=O)CO2. The number of sulfonamides is 1. The standard InChI is InChI=1S/C22H21ClN4O5S/c1-26(11-14-5-3-2-4-6-14)33(29,30)19-10-18-17(9-16(19)23)27(21(28)13-31-18)12-20-24-22(32-25-20)15-7-8-15/h2-6,9-10,15H,7-8,11-13H2,1H3. The van der Waals surface area contributed by atoms with Crippen LogP contribution in [0, 0.1) is 0 Å². The third kappa shape index (κ3) is 4.33. The second-order valence-electron chi connectivity index (χ2n) is 8.09. The highest BCUT2D eigenvalue weighted by molar-refractivity contribution is 7.89. The van der Waals surface area contributed by atoms with Gasteiger partial charge in [-0.15, -0.1) is 0 Å². The van der Waals surface area contributed by atoms with E-state index in [0.717, 1.165) is 18.4 Å². The van der Waals surface area contributed by atoms with Crippen molar-refractivity contribution in [2.45, 2.75) is 36.7 Å². The van der Waals surface area contributed by atoms with Gasteiger partial charge in [-0.3, -0.25) is 9.69 Å². The molecule has 3 aromatic rings. The topological polar surface area (TPSA) is 106 Å². The van der Waals surface area contributed by atoms with E-state index in [1.165, 1.54) is 28.4 Å². The highest BCUT2D eigenvalue weighted by Gasteiger charge is 2.33. The highest BCUT2D eigenvalue weighted by Crippen LogP contribution is 2.41. The van der Waals surface area contributed by atoms with E-state index < -0.39 is 10.0 Å². The molecule has 5 rings (SSSR count). The summed E-state index contributed by atoms with van der Waals surface area (Å²) >= 11 is 6.41. The number of anilines is 1. The summed E-state index contributed by atoms with van der Waals surface area (Å²) in [4.78, 5) is 18.3. The number of ether oxygens (including phenoxy) is 1. The van der Waals surface area contributed by atoms with Crippen molar-refractivity contribution in [2.75, 3.05) is 18.6 Å². The minimum Gasteiger partial charge on any atom is -0.482 e. The van der Waals surface area contributed by atoms with Crippen LogP contribution in [0.1, 0.15) is 36.0 Å². The van der Waals surface area contributed by atoms with Gasteiger partial charge in [-0.05, 0) is 24.5 Å². The lowest BCUT2D eigenvalue weighted by Gasteiger charge is -2.29.